The minimum absolute atomic E-state index is 0.514. The van der Waals surface area contributed by atoms with Crippen LogP contribution in [0.3, 0.4) is 0 Å². The number of furan rings is 1. The third-order valence-corrected chi connectivity index (χ3v) is 3.65. The summed E-state index contributed by atoms with van der Waals surface area (Å²) in [5.41, 5.74) is 0.645. The van der Waals surface area contributed by atoms with Gasteiger partial charge in [0.05, 0.1) is 6.26 Å². The molecule has 0 bridgehead atoms. The molecule has 0 aromatic carbocycles. The first-order valence-electron chi connectivity index (χ1n) is 6.50. The van der Waals surface area contributed by atoms with Gasteiger partial charge < -0.3 is 9.73 Å². The molecule has 1 aliphatic carbocycles. The van der Waals surface area contributed by atoms with Crippen molar-refractivity contribution in [1.29, 1.82) is 0 Å². The third-order valence-electron chi connectivity index (χ3n) is 3.65. The van der Waals surface area contributed by atoms with E-state index in [4.69, 9.17) is 4.42 Å². The van der Waals surface area contributed by atoms with E-state index in [0.29, 0.717) is 11.5 Å². The number of hydrogen-bond donors (Lipinski definition) is 1. The van der Waals surface area contributed by atoms with Crippen LogP contribution in [0.15, 0.2) is 22.8 Å². The van der Waals surface area contributed by atoms with Gasteiger partial charge in [0.25, 0.3) is 0 Å². The summed E-state index contributed by atoms with van der Waals surface area (Å²) in [6.07, 6.45) is 8.28. The highest BCUT2D eigenvalue weighted by atomic mass is 16.3. The predicted octanol–water partition coefficient (Wildman–Crippen LogP) is 3.38. The Bertz CT molecular complexity index is 301. The summed E-state index contributed by atoms with van der Waals surface area (Å²) in [7, 11) is 0. The Morgan fingerprint density at radius 2 is 2.31 bits per heavy atom. The zero-order chi connectivity index (χ0) is 11.4. The van der Waals surface area contributed by atoms with Crippen molar-refractivity contribution in [2.24, 2.45) is 5.41 Å². The maximum absolute atomic E-state index is 5.36. The van der Waals surface area contributed by atoms with Crippen molar-refractivity contribution in [1.82, 2.24) is 5.32 Å². The van der Waals surface area contributed by atoms with E-state index in [0.717, 1.165) is 12.2 Å². The maximum Gasteiger partial charge on any atom is 0.105 e. The van der Waals surface area contributed by atoms with E-state index in [9.17, 15) is 0 Å². The van der Waals surface area contributed by atoms with Gasteiger partial charge in [0.15, 0.2) is 0 Å². The van der Waals surface area contributed by atoms with Crippen molar-refractivity contribution >= 4 is 0 Å². The lowest BCUT2D eigenvalue weighted by Crippen LogP contribution is -2.33. The number of rotatable bonds is 7. The molecule has 1 atom stereocenters. The highest BCUT2D eigenvalue weighted by Crippen LogP contribution is 2.48. The van der Waals surface area contributed by atoms with Gasteiger partial charge in [-0.1, -0.05) is 13.3 Å². The molecule has 2 nitrogen and oxygen atoms in total. The molecule has 16 heavy (non-hydrogen) atoms. The topological polar surface area (TPSA) is 25.2 Å². The first-order chi connectivity index (χ1) is 7.74. The van der Waals surface area contributed by atoms with Crippen LogP contribution < -0.4 is 5.32 Å². The van der Waals surface area contributed by atoms with Gasteiger partial charge in [-0.3, -0.25) is 0 Å². The van der Waals surface area contributed by atoms with E-state index >= 15 is 0 Å². The van der Waals surface area contributed by atoms with E-state index in [1.165, 1.54) is 32.2 Å². The average Bonchev–Trinajstić information content (AvgIpc) is 2.83. The molecule has 1 N–H and O–H groups in total. The molecule has 2 rings (SSSR count). The molecule has 1 aliphatic rings. The Kier molecular flexibility index (Phi) is 3.70. The lowest BCUT2D eigenvalue weighted by atomic mass is 10.0. The molecule has 1 saturated carbocycles. The molecular formula is C14H23NO. The van der Waals surface area contributed by atoms with Crippen molar-refractivity contribution in [3.63, 3.8) is 0 Å². The number of hydrogen-bond acceptors (Lipinski definition) is 2. The van der Waals surface area contributed by atoms with Crippen molar-refractivity contribution in [2.45, 2.75) is 52.0 Å². The fourth-order valence-corrected chi connectivity index (χ4v) is 2.42. The summed E-state index contributed by atoms with van der Waals surface area (Å²) in [5, 5.41) is 3.65. The van der Waals surface area contributed by atoms with Crippen LogP contribution in [0.1, 0.15) is 45.3 Å². The molecule has 0 amide bonds. The fourth-order valence-electron chi connectivity index (χ4n) is 2.42. The van der Waals surface area contributed by atoms with Crippen LogP contribution in [0, 0.1) is 5.41 Å². The normalized spacial score (nSPS) is 19.6. The minimum Gasteiger partial charge on any atom is -0.469 e. The Labute approximate surface area is 98.4 Å². The van der Waals surface area contributed by atoms with Crippen LogP contribution in [0.4, 0.5) is 0 Å². The third kappa shape index (κ3) is 3.11. The molecule has 0 spiro atoms. The predicted molar refractivity (Wildman–Crippen MR) is 66.5 cm³/mol. The minimum atomic E-state index is 0.514. The Balaban J connectivity index is 1.70. The summed E-state index contributed by atoms with van der Waals surface area (Å²) in [4.78, 5) is 0. The first kappa shape index (κ1) is 11.7. The molecule has 0 radical (unpaired) electrons. The summed E-state index contributed by atoms with van der Waals surface area (Å²) in [6, 6.07) is 4.53. The molecule has 1 fully saturated rings. The molecule has 0 aliphatic heterocycles. The van der Waals surface area contributed by atoms with Gasteiger partial charge in [-0.25, -0.2) is 0 Å². The van der Waals surface area contributed by atoms with Crippen LogP contribution in [-0.2, 0) is 6.42 Å². The second-order valence-electron chi connectivity index (χ2n) is 5.32. The Morgan fingerprint density at radius 3 is 2.88 bits per heavy atom. The van der Waals surface area contributed by atoms with Crippen LogP contribution in [0.25, 0.3) is 0 Å². The standard InChI is InChI=1S/C14H23NO/c1-3-6-14(7-8-14)11-15-12(2)10-13-5-4-9-16-13/h4-5,9,12,15H,3,6-8,10-11H2,1-2H3. The summed E-state index contributed by atoms with van der Waals surface area (Å²) < 4.78 is 5.36. The van der Waals surface area contributed by atoms with Crippen molar-refractivity contribution in [2.75, 3.05) is 6.54 Å². The summed E-state index contributed by atoms with van der Waals surface area (Å²) in [5.74, 6) is 1.08. The summed E-state index contributed by atoms with van der Waals surface area (Å²) in [6.45, 7) is 5.71. The molecule has 1 unspecified atom stereocenters. The van der Waals surface area contributed by atoms with Gasteiger partial charge in [-0.05, 0) is 43.7 Å². The Hall–Kier alpha value is -0.760. The highest BCUT2D eigenvalue weighted by Gasteiger charge is 2.41. The second kappa shape index (κ2) is 5.05. The quantitative estimate of drug-likeness (QED) is 0.763. The van der Waals surface area contributed by atoms with Crippen LogP contribution >= 0.6 is 0 Å². The van der Waals surface area contributed by atoms with E-state index in [2.05, 4.69) is 25.2 Å². The molecule has 1 heterocycles. The van der Waals surface area contributed by atoms with E-state index in [-0.39, 0.29) is 0 Å². The second-order valence-corrected chi connectivity index (χ2v) is 5.32. The van der Waals surface area contributed by atoms with E-state index < -0.39 is 0 Å². The zero-order valence-electron chi connectivity index (χ0n) is 10.5. The first-order valence-corrected chi connectivity index (χ1v) is 6.50. The largest absolute Gasteiger partial charge is 0.469 e. The zero-order valence-corrected chi connectivity index (χ0v) is 10.5. The van der Waals surface area contributed by atoms with E-state index in [1.807, 2.05) is 6.07 Å². The Morgan fingerprint density at radius 1 is 1.50 bits per heavy atom. The van der Waals surface area contributed by atoms with Gasteiger partial charge in [0.2, 0.25) is 0 Å². The lowest BCUT2D eigenvalue weighted by Gasteiger charge is -2.19. The molecular weight excluding hydrogens is 198 g/mol. The lowest BCUT2D eigenvalue weighted by molar-refractivity contribution is 0.380. The summed E-state index contributed by atoms with van der Waals surface area (Å²) >= 11 is 0. The SMILES string of the molecule is CCCC1(CNC(C)Cc2ccco2)CC1. The van der Waals surface area contributed by atoms with Gasteiger partial charge in [0, 0.05) is 19.0 Å². The van der Waals surface area contributed by atoms with Crippen LogP contribution in [-0.4, -0.2) is 12.6 Å². The van der Waals surface area contributed by atoms with Gasteiger partial charge in [-0.15, -0.1) is 0 Å². The van der Waals surface area contributed by atoms with Crippen molar-refractivity contribution < 1.29 is 4.42 Å². The van der Waals surface area contributed by atoms with Crippen LogP contribution in [0.5, 0.6) is 0 Å². The average molecular weight is 221 g/mol. The molecule has 90 valence electrons. The highest BCUT2D eigenvalue weighted by molar-refractivity contribution is 5.01. The van der Waals surface area contributed by atoms with Crippen molar-refractivity contribution in [3.8, 4) is 0 Å². The molecule has 2 heteroatoms. The molecule has 1 aromatic heterocycles. The molecule has 0 saturated heterocycles. The van der Waals surface area contributed by atoms with Crippen LogP contribution in [0.2, 0.25) is 0 Å². The van der Waals surface area contributed by atoms with Gasteiger partial charge >= 0.3 is 0 Å². The smallest absolute Gasteiger partial charge is 0.105 e. The van der Waals surface area contributed by atoms with E-state index in [1.54, 1.807) is 6.26 Å². The maximum atomic E-state index is 5.36. The van der Waals surface area contributed by atoms with Gasteiger partial charge in [0.1, 0.15) is 5.76 Å². The monoisotopic (exact) mass is 221 g/mol. The van der Waals surface area contributed by atoms with Gasteiger partial charge in [-0.2, -0.15) is 0 Å². The number of nitrogens with one attached hydrogen (secondary N) is 1. The molecule has 1 aromatic rings. The fraction of sp³-hybridized carbons (Fsp3) is 0.714. The van der Waals surface area contributed by atoms with Crippen molar-refractivity contribution in [3.05, 3.63) is 24.2 Å².